The van der Waals surface area contributed by atoms with Gasteiger partial charge in [0.2, 0.25) is 0 Å². The lowest BCUT2D eigenvalue weighted by molar-refractivity contribution is 0.104. The first-order valence-electron chi connectivity index (χ1n) is 8.86. The van der Waals surface area contributed by atoms with E-state index in [1.54, 1.807) is 13.2 Å². The van der Waals surface area contributed by atoms with Crippen molar-refractivity contribution in [2.75, 3.05) is 20.3 Å². The van der Waals surface area contributed by atoms with E-state index in [9.17, 15) is 4.79 Å². The highest BCUT2D eigenvalue weighted by Gasteiger charge is 2.01. The van der Waals surface area contributed by atoms with Crippen molar-refractivity contribution in [1.82, 2.24) is 0 Å². The van der Waals surface area contributed by atoms with Gasteiger partial charge in [0.05, 0.1) is 6.61 Å². The normalized spacial score (nSPS) is 10.9. The molecule has 0 aliphatic heterocycles. The van der Waals surface area contributed by atoms with Gasteiger partial charge in [0.1, 0.15) is 12.4 Å². The molecule has 0 unspecified atom stereocenters. The monoisotopic (exact) mass is 358 g/mol. The van der Waals surface area contributed by atoms with Gasteiger partial charge in [-0.05, 0) is 34.9 Å². The predicted octanol–water partition coefficient (Wildman–Crippen LogP) is 5.27. The zero-order chi connectivity index (χ0) is 18.9. The Hall–Kier alpha value is -3.17. The first-order valence-corrected chi connectivity index (χ1v) is 8.86. The summed E-state index contributed by atoms with van der Waals surface area (Å²) in [5, 5.41) is 0. The van der Waals surface area contributed by atoms with E-state index in [1.165, 1.54) is 0 Å². The van der Waals surface area contributed by atoms with E-state index in [-0.39, 0.29) is 5.78 Å². The Kier molecular flexibility index (Phi) is 6.55. The number of ether oxygens (including phenoxy) is 2. The smallest absolute Gasteiger partial charge is 0.185 e. The molecule has 3 rings (SSSR count). The molecule has 0 heterocycles. The van der Waals surface area contributed by atoms with Crippen molar-refractivity contribution in [3.63, 3.8) is 0 Å². The highest BCUT2D eigenvalue weighted by molar-refractivity contribution is 6.06. The zero-order valence-electron chi connectivity index (χ0n) is 15.3. The molecule has 3 nitrogen and oxygen atoms in total. The Labute approximate surface area is 159 Å². The lowest BCUT2D eigenvalue weighted by Crippen LogP contribution is -2.03. The van der Waals surface area contributed by atoms with E-state index >= 15 is 0 Å². The van der Waals surface area contributed by atoms with Crippen LogP contribution < -0.4 is 4.74 Å². The summed E-state index contributed by atoms with van der Waals surface area (Å²) in [5.41, 5.74) is 3.91. The van der Waals surface area contributed by atoms with E-state index in [4.69, 9.17) is 9.47 Å². The zero-order valence-corrected chi connectivity index (χ0v) is 15.3. The van der Waals surface area contributed by atoms with Gasteiger partial charge in [0.15, 0.2) is 5.78 Å². The molecule has 0 saturated carbocycles. The van der Waals surface area contributed by atoms with E-state index in [0.29, 0.717) is 18.8 Å². The van der Waals surface area contributed by atoms with Crippen LogP contribution in [-0.4, -0.2) is 26.1 Å². The number of benzene rings is 3. The van der Waals surface area contributed by atoms with E-state index in [2.05, 4.69) is 0 Å². The topological polar surface area (TPSA) is 35.5 Å². The number of allylic oxidation sites excluding steroid dienone is 1. The van der Waals surface area contributed by atoms with Crippen LogP contribution in [0.3, 0.4) is 0 Å². The van der Waals surface area contributed by atoms with Crippen molar-refractivity contribution in [2.24, 2.45) is 0 Å². The van der Waals surface area contributed by atoms with Gasteiger partial charge >= 0.3 is 0 Å². The fraction of sp³-hybridized carbons (Fsp3) is 0.125. The van der Waals surface area contributed by atoms with Crippen molar-refractivity contribution in [3.8, 4) is 16.9 Å². The van der Waals surface area contributed by atoms with Crippen LogP contribution in [0.15, 0.2) is 84.9 Å². The Bertz CT molecular complexity index is 879. The SMILES string of the molecule is COCCOc1ccc(-c2ccc(/C=C/C(=O)c3ccccc3)cc2)cc1. The lowest BCUT2D eigenvalue weighted by atomic mass is 10.0. The maximum atomic E-state index is 12.1. The van der Waals surface area contributed by atoms with Crippen LogP contribution in [0.4, 0.5) is 0 Å². The first kappa shape index (κ1) is 18.6. The molecule has 0 atom stereocenters. The molecule has 27 heavy (non-hydrogen) atoms. The van der Waals surface area contributed by atoms with Crippen LogP contribution in [-0.2, 0) is 4.74 Å². The highest BCUT2D eigenvalue weighted by atomic mass is 16.5. The summed E-state index contributed by atoms with van der Waals surface area (Å²) in [6.45, 7) is 1.11. The second-order valence-electron chi connectivity index (χ2n) is 6.05. The first-order chi connectivity index (χ1) is 13.3. The highest BCUT2D eigenvalue weighted by Crippen LogP contribution is 2.23. The van der Waals surface area contributed by atoms with Crippen LogP contribution in [0, 0.1) is 0 Å². The number of hydrogen-bond acceptors (Lipinski definition) is 3. The molecule has 3 heteroatoms. The van der Waals surface area contributed by atoms with Gasteiger partial charge < -0.3 is 9.47 Å². The fourth-order valence-corrected chi connectivity index (χ4v) is 2.64. The van der Waals surface area contributed by atoms with Crippen LogP contribution in [0.5, 0.6) is 5.75 Å². The number of rotatable bonds is 8. The quantitative estimate of drug-likeness (QED) is 0.312. The van der Waals surface area contributed by atoms with Gasteiger partial charge in [0.25, 0.3) is 0 Å². The van der Waals surface area contributed by atoms with Crippen LogP contribution >= 0.6 is 0 Å². The van der Waals surface area contributed by atoms with Crippen molar-refractivity contribution in [3.05, 3.63) is 96.1 Å². The molecule has 0 amide bonds. The van der Waals surface area contributed by atoms with Crippen LogP contribution in [0.2, 0.25) is 0 Å². The molecule has 0 spiro atoms. The number of hydrogen-bond donors (Lipinski definition) is 0. The van der Waals surface area contributed by atoms with Crippen molar-refractivity contribution in [1.29, 1.82) is 0 Å². The third-order valence-corrected chi connectivity index (χ3v) is 4.14. The third kappa shape index (κ3) is 5.40. The second kappa shape index (κ2) is 9.51. The third-order valence-electron chi connectivity index (χ3n) is 4.14. The average molecular weight is 358 g/mol. The Morgan fingerprint density at radius 3 is 2.07 bits per heavy atom. The minimum Gasteiger partial charge on any atom is -0.491 e. The molecule has 3 aromatic carbocycles. The molecule has 0 aliphatic carbocycles. The van der Waals surface area contributed by atoms with Gasteiger partial charge in [-0.2, -0.15) is 0 Å². The van der Waals surface area contributed by atoms with Crippen LogP contribution in [0.25, 0.3) is 17.2 Å². The molecule has 3 aromatic rings. The molecule has 0 fully saturated rings. The molecule has 136 valence electrons. The Morgan fingerprint density at radius 1 is 0.815 bits per heavy atom. The van der Waals surface area contributed by atoms with Gasteiger partial charge in [-0.3, -0.25) is 4.79 Å². The largest absolute Gasteiger partial charge is 0.491 e. The molecular weight excluding hydrogens is 336 g/mol. The van der Waals surface area contributed by atoms with E-state index in [0.717, 1.165) is 22.4 Å². The van der Waals surface area contributed by atoms with Gasteiger partial charge in [-0.15, -0.1) is 0 Å². The summed E-state index contributed by atoms with van der Waals surface area (Å²) in [6, 6.07) is 25.4. The maximum absolute atomic E-state index is 12.1. The molecule has 0 bridgehead atoms. The molecule has 0 aromatic heterocycles. The number of methoxy groups -OCH3 is 1. The van der Waals surface area contributed by atoms with Gasteiger partial charge in [0, 0.05) is 12.7 Å². The molecule has 0 N–H and O–H groups in total. The summed E-state index contributed by atoms with van der Waals surface area (Å²) < 4.78 is 10.6. The van der Waals surface area contributed by atoms with E-state index in [1.807, 2.05) is 84.9 Å². The standard InChI is InChI=1S/C24H22O3/c1-26-17-18-27-23-14-12-21(13-15-23)20-10-7-19(8-11-20)9-16-24(25)22-5-3-2-4-6-22/h2-16H,17-18H2,1H3/b16-9+. The summed E-state index contributed by atoms with van der Waals surface area (Å²) in [5.74, 6) is 0.832. The number of carbonyl (C=O) groups excluding carboxylic acids is 1. The van der Waals surface area contributed by atoms with E-state index < -0.39 is 0 Å². The predicted molar refractivity (Wildman–Crippen MR) is 109 cm³/mol. The fourth-order valence-electron chi connectivity index (χ4n) is 2.64. The minimum absolute atomic E-state index is 0.00346. The molecule has 0 aliphatic rings. The molecule has 0 radical (unpaired) electrons. The van der Waals surface area contributed by atoms with Crippen molar-refractivity contribution in [2.45, 2.75) is 0 Å². The molecule has 0 saturated heterocycles. The van der Waals surface area contributed by atoms with Crippen molar-refractivity contribution >= 4 is 11.9 Å². The number of carbonyl (C=O) groups is 1. The Balaban J connectivity index is 1.63. The Morgan fingerprint density at radius 2 is 1.44 bits per heavy atom. The number of ketones is 1. The van der Waals surface area contributed by atoms with Gasteiger partial charge in [-0.1, -0.05) is 72.8 Å². The summed E-state index contributed by atoms with van der Waals surface area (Å²) in [7, 11) is 1.66. The second-order valence-corrected chi connectivity index (χ2v) is 6.05. The summed E-state index contributed by atoms with van der Waals surface area (Å²) in [4.78, 5) is 12.1. The maximum Gasteiger partial charge on any atom is 0.185 e. The summed E-state index contributed by atoms with van der Waals surface area (Å²) >= 11 is 0. The van der Waals surface area contributed by atoms with Crippen molar-refractivity contribution < 1.29 is 14.3 Å². The molecular formula is C24H22O3. The van der Waals surface area contributed by atoms with Gasteiger partial charge in [-0.25, -0.2) is 0 Å². The average Bonchev–Trinajstić information content (AvgIpc) is 2.74. The van der Waals surface area contributed by atoms with Crippen LogP contribution in [0.1, 0.15) is 15.9 Å². The lowest BCUT2D eigenvalue weighted by Gasteiger charge is -2.07. The summed E-state index contributed by atoms with van der Waals surface area (Å²) in [6.07, 6.45) is 3.45. The minimum atomic E-state index is 0.00346.